The molecule has 110 valence electrons. The van der Waals surface area contributed by atoms with Crippen molar-refractivity contribution in [2.75, 3.05) is 26.0 Å². The molecule has 0 aromatic carbocycles. The minimum atomic E-state index is 0.345. The average molecular weight is 292 g/mol. The fourth-order valence-corrected chi connectivity index (χ4v) is 2.68. The molecule has 0 aliphatic heterocycles. The third kappa shape index (κ3) is 3.67. The van der Waals surface area contributed by atoms with Gasteiger partial charge in [-0.05, 0) is 64.9 Å². The van der Waals surface area contributed by atoms with E-state index in [2.05, 4.69) is 37.3 Å². The highest BCUT2D eigenvalue weighted by Gasteiger charge is 2.18. The van der Waals surface area contributed by atoms with Gasteiger partial charge < -0.3 is 16.0 Å². The summed E-state index contributed by atoms with van der Waals surface area (Å²) >= 11 is 5.17. The topological polar surface area (TPSA) is 54.2 Å². The first kappa shape index (κ1) is 15.2. The van der Waals surface area contributed by atoms with Crippen molar-refractivity contribution in [3.8, 4) is 0 Å². The van der Waals surface area contributed by atoms with E-state index in [4.69, 9.17) is 22.9 Å². The molecule has 1 unspecified atom stereocenters. The van der Waals surface area contributed by atoms with Crippen LogP contribution in [0.2, 0.25) is 0 Å². The molecule has 2 rings (SSSR count). The Kier molecular flexibility index (Phi) is 4.94. The molecule has 1 aromatic rings. The van der Waals surface area contributed by atoms with Crippen LogP contribution in [0.3, 0.4) is 0 Å². The lowest BCUT2D eigenvalue weighted by atomic mass is 10.1. The minimum absolute atomic E-state index is 0.345. The number of nitrogens with two attached hydrogens (primary N) is 1. The Morgan fingerprint density at radius 1 is 1.50 bits per heavy atom. The lowest BCUT2D eigenvalue weighted by Crippen LogP contribution is -2.25. The Bertz CT molecular complexity index is 499. The number of aryl methyl sites for hydroxylation is 2. The number of nitrogens with one attached hydrogen (secondary N) is 1. The molecular weight excluding hydrogens is 268 g/mol. The number of nitrogens with zero attached hydrogens (tertiary/aromatic N) is 2. The Labute approximate surface area is 126 Å². The zero-order valence-corrected chi connectivity index (χ0v) is 13.4. The van der Waals surface area contributed by atoms with Crippen LogP contribution in [0, 0.1) is 0 Å². The molecule has 1 aromatic heterocycles. The number of hydrogen-bond donors (Lipinski definition) is 2. The van der Waals surface area contributed by atoms with Crippen LogP contribution in [0.1, 0.15) is 36.6 Å². The van der Waals surface area contributed by atoms with Crippen LogP contribution in [0.5, 0.6) is 0 Å². The summed E-state index contributed by atoms with van der Waals surface area (Å²) in [4.78, 5) is 7.36. The van der Waals surface area contributed by atoms with Gasteiger partial charge in [0.05, 0.1) is 5.56 Å². The molecule has 3 N–H and O–H groups in total. The first-order valence-corrected chi connectivity index (χ1v) is 7.62. The smallest absolute Gasteiger partial charge is 0.136 e. The van der Waals surface area contributed by atoms with E-state index in [1.165, 1.54) is 17.7 Å². The van der Waals surface area contributed by atoms with Crippen molar-refractivity contribution in [3.63, 3.8) is 0 Å². The van der Waals surface area contributed by atoms with Gasteiger partial charge in [0.2, 0.25) is 0 Å². The highest BCUT2D eigenvalue weighted by molar-refractivity contribution is 7.80. The fraction of sp³-hybridized carbons (Fsp3) is 0.600. The summed E-state index contributed by atoms with van der Waals surface area (Å²) in [7, 11) is 4.17. The van der Waals surface area contributed by atoms with Crippen LogP contribution in [-0.4, -0.2) is 41.6 Å². The van der Waals surface area contributed by atoms with E-state index in [1.807, 2.05) is 0 Å². The molecule has 1 aliphatic carbocycles. The number of pyridine rings is 1. The van der Waals surface area contributed by atoms with Crippen molar-refractivity contribution in [1.29, 1.82) is 0 Å². The second kappa shape index (κ2) is 6.50. The van der Waals surface area contributed by atoms with Crippen LogP contribution in [0.15, 0.2) is 6.07 Å². The largest absolute Gasteiger partial charge is 0.389 e. The van der Waals surface area contributed by atoms with E-state index < -0.39 is 0 Å². The maximum absolute atomic E-state index is 5.85. The van der Waals surface area contributed by atoms with Crippen LogP contribution in [-0.2, 0) is 12.8 Å². The van der Waals surface area contributed by atoms with Crippen LogP contribution >= 0.6 is 12.2 Å². The van der Waals surface area contributed by atoms with E-state index >= 15 is 0 Å². The Balaban J connectivity index is 2.15. The molecule has 0 saturated heterocycles. The van der Waals surface area contributed by atoms with Gasteiger partial charge in [0.1, 0.15) is 10.8 Å². The number of rotatable bonds is 6. The molecule has 5 heteroatoms. The minimum Gasteiger partial charge on any atom is -0.389 e. The van der Waals surface area contributed by atoms with Gasteiger partial charge >= 0.3 is 0 Å². The molecular formula is C15H24N4S. The number of anilines is 1. The van der Waals surface area contributed by atoms with Crippen molar-refractivity contribution in [1.82, 2.24) is 9.88 Å². The fourth-order valence-electron chi connectivity index (χ4n) is 2.53. The second-order valence-corrected chi connectivity index (χ2v) is 6.29. The number of fused-ring (bicyclic) bond motifs is 1. The SMILES string of the molecule is CC(CCN(C)C)Nc1nc2c(cc1C(N)=S)CCC2. The van der Waals surface area contributed by atoms with Gasteiger partial charge in [-0.2, -0.15) is 0 Å². The Morgan fingerprint density at radius 2 is 2.25 bits per heavy atom. The summed E-state index contributed by atoms with van der Waals surface area (Å²) in [6.45, 7) is 3.21. The van der Waals surface area contributed by atoms with Gasteiger partial charge in [-0.1, -0.05) is 12.2 Å². The highest BCUT2D eigenvalue weighted by Crippen LogP contribution is 2.25. The van der Waals surface area contributed by atoms with E-state index in [1.54, 1.807) is 0 Å². The molecule has 0 spiro atoms. The van der Waals surface area contributed by atoms with Gasteiger partial charge in [-0.3, -0.25) is 0 Å². The summed E-state index contributed by atoms with van der Waals surface area (Å²) < 4.78 is 0. The van der Waals surface area contributed by atoms with Crippen molar-refractivity contribution >= 4 is 23.0 Å². The number of hydrogen-bond acceptors (Lipinski definition) is 4. The summed E-state index contributed by atoms with van der Waals surface area (Å²) in [5, 5.41) is 3.47. The molecule has 0 fully saturated rings. The predicted molar refractivity (Wildman–Crippen MR) is 88.4 cm³/mol. The predicted octanol–water partition coefficient (Wildman–Crippen LogP) is 1.96. The molecule has 0 bridgehead atoms. The number of aromatic nitrogens is 1. The molecule has 0 amide bonds. The van der Waals surface area contributed by atoms with E-state index in [0.29, 0.717) is 11.0 Å². The van der Waals surface area contributed by atoms with Crippen molar-refractivity contribution in [2.45, 2.75) is 38.6 Å². The second-order valence-electron chi connectivity index (χ2n) is 5.85. The van der Waals surface area contributed by atoms with E-state index in [9.17, 15) is 0 Å². The molecule has 1 aliphatic rings. The Hall–Kier alpha value is -1.20. The standard InChI is InChI=1S/C15H24N4S/c1-10(7-8-19(2)3)17-15-12(14(16)20)9-11-5-4-6-13(11)18-15/h9-10H,4-8H2,1-3H3,(H2,16,20)(H,17,18). The van der Waals surface area contributed by atoms with E-state index in [0.717, 1.165) is 37.2 Å². The molecule has 1 atom stereocenters. The molecule has 4 nitrogen and oxygen atoms in total. The summed E-state index contributed by atoms with van der Waals surface area (Å²) in [5.74, 6) is 0.851. The average Bonchev–Trinajstić information content (AvgIpc) is 2.82. The molecule has 0 saturated carbocycles. The van der Waals surface area contributed by atoms with Crippen molar-refractivity contribution < 1.29 is 0 Å². The van der Waals surface area contributed by atoms with Crippen LogP contribution in [0.4, 0.5) is 5.82 Å². The first-order valence-electron chi connectivity index (χ1n) is 7.21. The third-order valence-corrected chi connectivity index (χ3v) is 3.93. The van der Waals surface area contributed by atoms with Gasteiger partial charge in [0.15, 0.2) is 0 Å². The molecule has 0 radical (unpaired) electrons. The normalized spacial score (nSPS) is 15.2. The monoisotopic (exact) mass is 292 g/mol. The lowest BCUT2D eigenvalue weighted by molar-refractivity contribution is 0.390. The molecule has 1 heterocycles. The van der Waals surface area contributed by atoms with Gasteiger partial charge in [0.25, 0.3) is 0 Å². The molecule has 20 heavy (non-hydrogen) atoms. The van der Waals surface area contributed by atoms with Crippen LogP contribution in [0.25, 0.3) is 0 Å². The summed E-state index contributed by atoms with van der Waals surface area (Å²) in [5.41, 5.74) is 9.24. The number of thiocarbonyl (C=S) groups is 1. The van der Waals surface area contributed by atoms with Crippen molar-refractivity contribution in [2.24, 2.45) is 5.73 Å². The van der Waals surface area contributed by atoms with Crippen molar-refractivity contribution in [3.05, 3.63) is 22.9 Å². The summed E-state index contributed by atoms with van der Waals surface area (Å²) in [6, 6.07) is 2.47. The van der Waals surface area contributed by atoms with Gasteiger partial charge in [0, 0.05) is 11.7 Å². The first-order chi connectivity index (χ1) is 9.47. The summed E-state index contributed by atoms with van der Waals surface area (Å²) in [6.07, 6.45) is 4.39. The van der Waals surface area contributed by atoms with Gasteiger partial charge in [-0.25, -0.2) is 4.98 Å². The van der Waals surface area contributed by atoms with Crippen LogP contribution < -0.4 is 11.1 Å². The van der Waals surface area contributed by atoms with Gasteiger partial charge in [-0.15, -0.1) is 0 Å². The third-order valence-electron chi connectivity index (χ3n) is 3.71. The maximum atomic E-state index is 5.85. The quantitative estimate of drug-likeness (QED) is 0.785. The maximum Gasteiger partial charge on any atom is 0.136 e. The highest BCUT2D eigenvalue weighted by atomic mass is 32.1. The Morgan fingerprint density at radius 3 is 2.90 bits per heavy atom. The van der Waals surface area contributed by atoms with E-state index in [-0.39, 0.29) is 0 Å². The lowest BCUT2D eigenvalue weighted by Gasteiger charge is -2.19. The zero-order valence-electron chi connectivity index (χ0n) is 12.6. The zero-order chi connectivity index (χ0) is 14.7.